The predicted octanol–water partition coefficient (Wildman–Crippen LogP) is 2.47. The van der Waals surface area contributed by atoms with Crippen molar-refractivity contribution in [3.05, 3.63) is 40.6 Å². The van der Waals surface area contributed by atoms with Crippen LogP contribution in [0.15, 0.2) is 16.7 Å². The molecule has 0 aromatic carbocycles. The standard InChI is InChI=1S/C20H26N4O3/c1-12-3-6-17-16(11-12)18(23-22-17)19(25)21-8-9-24(14-4-5-14)20(26)15-7-10-27-13(15)2/h7,10,12,14H,3-6,8-9,11H2,1-2H3,(H,21,25)(H,22,23). The molecule has 0 spiro atoms. The second-order valence-corrected chi connectivity index (χ2v) is 7.75. The Morgan fingerprint density at radius 2 is 2.19 bits per heavy atom. The molecule has 0 bridgehead atoms. The highest BCUT2D eigenvalue weighted by molar-refractivity contribution is 5.96. The second kappa shape index (κ2) is 7.21. The molecule has 7 nitrogen and oxygen atoms in total. The van der Waals surface area contributed by atoms with Gasteiger partial charge in [0.05, 0.1) is 11.8 Å². The molecule has 27 heavy (non-hydrogen) atoms. The van der Waals surface area contributed by atoms with Crippen LogP contribution in [0, 0.1) is 12.8 Å². The van der Waals surface area contributed by atoms with Crippen LogP contribution in [0.5, 0.6) is 0 Å². The van der Waals surface area contributed by atoms with Crippen molar-refractivity contribution in [1.82, 2.24) is 20.4 Å². The largest absolute Gasteiger partial charge is 0.469 e. The summed E-state index contributed by atoms with van der Waals surface area (Å²) >= 11 is 0. The number of hydrogen-bond acceptors (Lipinski definition) is 4. The van der Waals surface area contributed by atoms with E-state index in [0.717, 1.165) is 43.4 Å². The van der Waals surface area contributed by atoms with E-state index in [2.05, 4.69) is 22.4 Å². The van der Waals surface area contributed by atoms with Gasteiger partial charge in [-0.2, -0.15) is 5.10 Å². The highest BCUT2D eigenvalue weighted by Crippen LogP contribution is 2.29. The van der Waals surface area contributed by atoms with E-state index in [1.807, 2.05) is 4.90 Å². The molecule has 2 aromatic rings. The van der Waals surface area contributed by atoms with Gasteiger partial charge in [0.25, 0.3) is 11.8 Å². The van der Waals surface area contributed by atoms with Crippen LogP contribution in [-0.4, -0.2) is 46.0 Å². The van der Waals surface area contributed by atoms with Gasteiger partial charge in [-0.05, 0) is 51.0 Å². The monoisotopic (exact) mass is 370 g/mol. The van der Waals surface area contributed by atoms with E-state index >= 15 is 0 Å². The summed E-state index contributed by atoms with van der Waals surface area (Å²) in [7, 11) is 0. The zero-order chi connectivity index (χ0) is 19.0. The van der Waals surface area contributed by atoms with Crippen molar-refractivity contribution < 1.29 is 14.0 Å². The second-order valence-electron chi connectivity index (χ2n) is 7.75. The molecule has 1 atom stereocenters. The molecule has 2 aromatic heterocycles. The third-order valence-electron chi connectivity index (χ3n) is 5.58. The minimum absolute atomic E-state index is 0.0241. The summed E-state index contributed by atoms with van der Waals surface area (Å²) in [5, 5.41) is 10.2. The molecule has 2 aliphatic rings. The number of carbonyl (C=O) groups excluding carboxylic acids is 2. The lowest BCUT2D eigenvalue weighted by Crippen LogP contribution is -2.40. The molecule has 2 aliphatic carbocycles. The Kier molecular flexibility index (Phi) is 4.76. The smallest absolute Gasteiger partial charge is 0.272 e. The molecule has 1 fully saturated rings. The summed E-state index contributed by atoms with van der Waals surface area (Å²) in [6.07, 6.45) is 6.54. The maximum atomic E-state index is 12.8. The predicted molar refractivity (Wildman–Crippen MR) is 99.6 cm³/mol. The van der Waals surface area contributed by atoms with Crippen LogP contribution in [0.4, 0.5) is 0 Å². The lowest BCUT2D eigenvalue weighted by Gasteiger charge is -2.22. The Morgan fingerprint density at radius 1 is 1.37 bits per heavy atom. The van der Waals surface area contributed by atoms with Gasteiger partial charge in [-0.25, -0.2) is 0 Å². The number of aromatic amines is 1. The molecular weight excluding hydrogens is 344 g/mol. The quantitative estimate of drug-likeness (QED) is 0.817. The highest BCUT2D eigenvalue weighted by Gasteiger charge is 2.34. The summed E-state index contributed by atoms with van der Waals surface area (Å²) in [4.78, 5) is 27.2. The normalized spacial score (nSPS) is 18.8. The number of furan rings is 1. The van der Waals surface area contributed by atoms with Crippen molar-refractivity contribution in [1.29, 1.82) is 0 Å². The van der Waals surface area contributed by atoms with Gasteiger partial charge < -0.3 is 14.6 Å². The van der Waals surface area contributed by atoms with E-state index in [9.17, 15) is 9.59 Å². The van der Waals surface area contributed by atoms with Crippen LogP contribution in [-0.2, 0) is 12.8 Å². The van der Waals surface area contributed by atoms with Gasteiger partial charge in [0.15, 0.2) is 5.69 Å². The van der Waals surface area contributed by atoms with Crippen LogP contribution < -0.4 is 5.32 Å². The molecule has 4 rings (SSSR count). The van der Waals surface area contributed by atoms with Gasteiger partial charge >= 0.3 is 0 Å². The number of carbonyl (C=O) groups is 2. The topological polar surface area (TPSA) is 91.2 Å². The Labute approximate surface area is 158 Å². The van der Waals surface area contributed by atoms with E-state index in [4.69, 9.17) is 4.42 Å². The van der Waals surface area contributed by atoms with E-state index < -0.39 is 0 Å². The number of nitrogens with one attached hydrogen (secondary N) is 2. The Bertz CT molecular complexity index is 849. The van der Waals surface area contributed by atoms with Crippen molar-refractivity contribution in [2.24, 2.45) is 5.92 Å². The lowest BCUT2D eigenvalue weighted by atomic mass is 9.88. The number of nitrogens with zero attached hydrogens (tertiary/aromatic N) is 2. The molecule has 144 valence electrons. The summed E-state index contributed by atoms with van der Waals surface area (Å²) in [5.74, 6) is 1.02. The van der Waals surface area contributed by atoms with Gasteiger partial charge in [0.2, 0.25) is 0 Å². The van der Waals surface area contributed by atoms with E-state index in [0.29, 0.717) is 36.0 Å². The van der Waals surface area contributed by atoms with Gasteiger partial charge in [-0.15, -0.1) is 0 Å². The van der Waals surface area contributed by atoms with E-state index in [-0.39, 0.29) is 17.9 Å². The summed E-state index contributed by atoms with van der Waals surface area (Å²) in [5.41, 5.74) is 3.24. The minimum atomic E-state index is -0.163. The SMILES string of the molecule is Cc1occc1C(=O)N(CCNC(=O)c1n[nH]c2c1CC(C)CC2)C1CC1. The van der Waals surface area contributed by atoms with Crippen LogP contribution in [0.2, 0.25) is 0 Å². The molecule has 0 radical (unpaired) electrons. The third-order valence-corrected chi connectivity index (χ3v) is 5.58. The maximum absolute atomic E-state index is 12.8. The van der Waals surface area contributed by atoms with Crippen LogP contribution in [0.25, 0.3) is 0 Å². The number of aromatic nitrogens is 2. The number of rotatable bonds is 6. The molecule has 2 amide bonds. The number of fused-ring (bicyclic) bond motifs is 1. The fourth-order valence-corrected chi connectivity index (χ4v) is 3.83. The van der Waals surface area contributed by atoms with Crippen molar-refractivity contribution in [2.45, 2.75) is 52.0 Å². The number of hydrogen-bond donors (Lipinski definition) is 2. The Hall–Kier alpha value is -2.57. The average Bonchev–Trinajstić information content (AvgIpc) is 3.26. The first-order valence-corrected chi connectivity index (χ1v) is 9.74. The molecule has 7 heteroatoms. The molecular formula is C20H26N4O3. The van der Waals surface area contributed by atoms with E-state index in [1.54, 1.807) is 13.0 Å². The molecule has 2 heterocycles. The summed E-state index contributed by atoms with van der Waals surface area (Å²) in [6, 6.07) is 1.98. The summed E-state index contributed by atoms with van der Waals surface area (Å²) in [6.45, 7) is 4.90. The fraction of sp³-hybridized carbons (Fsp3) is 0.550. The van der Waals surface area contributed by atoms with Crippen molar-refractivity contribution in [3.63, 3.8) is 0 Å². The maximum Gasteiger partial charge on any atom is 0.272 e. The van der Waals surface area contributed by atoms with Crippen LogP contribution in [0.1, 0.15) is 64.1 Å². The first-order chi connectivity index (χ1) is 13.0. The highest BCUT2D eigenvalue weighted by atomic mass is 16.3. The minimum Gasteiger partial charge on any atom is -0.469 e. The number of amides is 2. The Morgan fingerprint density at radius 3 is 2.89 bits per heavy atom. The third kappa shape index (κ3) is 3.63. The van der Waals surface area contributed by atoms with Crippen LogP contribution >= 0.6 is 0 Å². The summed E-state index contributed by atoms with van der Waals surface area (Å²) < 4.78 is 5.26. The first kappa shape index (κ1) is 17.8. The molecule has 0 saturated heterocycles. The van der Waals surface area contributed by atoms with Gasteiger partial charge in [-0.1, -0.05) is 6.92 Å². The molecule has 2 N–H and O–H groups in total. The van der Waals surface area contributed by atoms with Gasteiger partial charge in [0.1, 0.15) is 5.76 Å². The zero-order valence-corrected chi connectivity index (χ0v) is 15.9. The zero-order valence-electron chi connectivity index (χ0n) is 15.9. The first-order valence-electron chi connectivity index (χ1n) is 9.74. The van der Waals surface area contributed by atoms with Crippen molar-refractivity contribution in [2.75, 3.05) is 13.1 Å². The van der Waals surface area contributed by atoms with Crippen LogP contribution in [0.3, 0.4) is 0 Å². The van der Waals surface area contributed by atoms with Crippen molar-refractivity contribution >= 4 is 11.8 Å². The average molecular weight is 370 g/mol. The lowest BCUT2D eigenvalue weighted by molar-refractivity contribution is 0.0734. The van der Waals surface area contributed by atoms with Gasteiger partial charge in [-0.3, -0.25) is 14.7 Å². The molecule has 0 aliphatic heterocycles. The molecule has 1 saturated carbocycles. The fourth-order valence-electron chi connectivity index (χ4n) is 3.83. The number of aryl methyl sites for hydroxylation is 2. The van der Waals surface area contributed by atoms with Gasteiger partial charge in [0, 0.05) is 30.4 Å². The molecule has 1 unspecified atom stereocenters. The van der Waals surface area contributed by atoms with E-state index in [1.165, 1.54) is 6.26 Å². The number of H-pyrrole nitrogens is 1. The van der Waals surface area contributed by atoms with Crippen molar-refractivity contribution in [3.8, 4) is 0 Å². The Balaban J connectivity index is 1.37.